The molecule has 0 unspecified atom stereocenters. The van der Waals surface area contributed by atoms with Crippen LogP contribution in [0.25, 0.3) is 5.65 Å². The van der Waals surface area contributed by atoms with E-state index in [-0.39, 0.29) is 5.91 Å². The molecule has 0 aliphatic rings. The van der Waals surface area contributed by atoms with E-state index in [1.807, 2.05) is 18.3 Å². The van der Waals surface area contributed by atoms with E-state index < -0.39 is 0 Å². The maximum atomic E-state index is 12.0. The number of nitrogens with one attached hydrogen (secondary N) is 1. The average molecular weight is 294 g/mol. The highest BCUT2D eigenvalue weighted by atomic mass is 16.1. The number of aromatic nitrogens is 3. The molecule has 0 bridgehead atoms. The van der Waals surface area contributed by atoms with Gasteiger partial charge in [0.2, 0.25) is 5.91 Å². The number of fused-ring (bicyclic) bond motifs is 1. The molecule has 1 amide bonds. The van der Waals surface area contributed by atoms with Crippen molar-refractivity contribution in [3.63, 3.8) is 0 Å². The van der Waals surface area contributed by atoms with Gasteiger partial charge in [-0.25, -0.2) is 0 Å². The van der Waals surface area contributed by atoms with E-state index in [2.05, 4.69) is 46.7 Å². The van der Waals surface area contributed by atoms with Crippen molar-refractivity contribution >= 4 is 17.2 Å². The SMILES string of the molecule is Cc1ccc(CCCC(=O)Nc2ccc3nncn3c2)cc1. The van der Waals surface area contributed by atoms with Crippen LogP contribution in [0.1, 0.15) is 24.0 Å². The molecule has 0 aliphatic carbocycles. The maximum absolute atomic E-state index is 12.0. The molecule has 0 aliphatic heterocycles. The van der Waals surface area contributed by atoms with Gasteiger partial charge in [-0.15, -0.1) is 10.2 Å². The fourth-order valence-electron chi connectivity index (χ4n) is 2.33. The lowest BCUT2D eigenvalue weighted by molar-refractivity contribution is -0.116. The molecule has 2 heterocycles. The van der Waals surface area contributed by atoms with Gasteiger partial charge in [0.1, 0.15) is 6.33 Å². The van der Waals surface area contributed by atoms with Crippen LogP contribution in [-0.4, -0.2) is 20.5 Å². The standard InChI is InChI=1S/C17H18N4O/c1-13-5-7-14(8-6-13)3-2-4-17(22)19-15-9-10-16-20-18-12-21(16)11-15/h5-12H,2-4H2,1H3,(H,19,22). The minimum Gasteiger partial charge on any atom is -0.325 e. The fraction of sp³-hybridized carbons (Fsp3) is 0.235. The largest absolute Gasteiger partial charge is 0.325 e. The molecule has 0 radical (unpaired) electrons. The van der Waals surface area contributed by atoms with Gasteiger partial charge >= 0.3 is 0 Å². The van der Waals surface area contributed by atoms with Crippen LogP contribution < -0.4 is 5.32 Å². The number of hydrogen-bond acceptors (Lipinski definition) is 3. The summed E-state index contributed by atoms with van der Waals surface area (Å²) in [5.74, 6) is 0.0273. The first-order chi connectivity index (χ1) is 10.7. The highest BCUT2D eigenvalue weighted by Gasteiger charge is 2.04. The number of rotatable bonds is 5. The lowest BCUT2D eigenvalue weighted by Crippen LogP contribution is -2.11. The van der Waals surface area contributed by atoms with Gasteiger partial charge in [-0.05, 0) is 37.5 Å². The van der Waals surface area contributed by atoms with E-state index in [0.717, 1.165) is 24.2 Å². The molecule has 0 saturated carbocycles. The maximum Gasteiger partial charge on any atom is 0.224 e. The Kier molecular flexibility index (Phi) is 4.14. The van der Waals surface area contributed by atoms with Crippen LogP contribution in [-0.2, 0) is 11.2 Å². The highest BCUT2D eigenvalue weighted by Crippen LogP contribution is 2.11. The summed E-state index contributed by atoms with van der Waals surface area (Å²) in [5.41, 5.74) is 4.04. The molecular formula is C17H18N4O. The summed E-state index contributed by atoms with van der Waals surface area (Å²) in [6, 6.07) is 12.1. The van der Waals surface area contributed by atoms with E-state index >= 15 is 0 Å². The summed E-state index contributed by atoms with van der Waals surface area (Å²) in [6.45, 7) is 2.07. The first kappa shape index (κ1) is 14.3. The Morgan fingerprint density at radius 3 is 2.82 bits per heavy atom. The van der Waals surface area contributed by atoms with E-state index in [1.165, 1.54) is 11.1 Å². The van der Waals surface area contributed by atoms with E-state index in [0.29, 0.717) is 6.42 Å². The number of amides is 1. The van der Waals surface area contributed by atoms with Gasteiger partial charge in [-0.2, -0.15) is 0 Å². The quantitative estimate of drug-likeness (QED) is 0.787. The molecule has 1 aromatic carbocycles. The zero-order chi connectivity index (χ0) is 15.4. The summed E-state index contributed by atoms with van der Waals surface area (Å²) in [4.78, 5) is 12.0. The van der Waals surface area contributed by atoms with Crippen molar-refractivity contribution in [1.29, 1.82) is 0 Å². The number of carbonyl (C=O) groups is 1. The number of anilines is 1. The number of nitrogens with zero attached hydrogens (tertiary/aromatic N) is 3. The van der Waals surface area contributed by atoms with Crippen LogP contribution in [0.2, 0.25) is 0 Å². The first-order valence-corrected chi connectivity index (χ1v) is 7.35. The van der Waals surface area contributed by atoms with Gasteiger partial charge in [0.25, 0.3) is 0 Å². The summed E-state index contributed by atoms with van der Waals surface area (Å²) in [6.07, 6.45) is 5.69. The lowest BCUT2D eigenvalue weighted by atomic mass is 10.1. The molecular weight excluding hydrogens is 276 g/mol. The van der Waals surface area contributed by atoms with E-state index in [4.69, 9.17) is 0 Å². The third-order valence-corrected chi connectivity index (χ3v) is 3.56. The molecule has 112 valence electrons. The van der Waals surface area contributed by atoms with Gasteiger partial charge in [0, 0.05) is 12.6 Å². The predicted octanol–water partition coefficient (Wildman–Crippen LogP) is 3.00. The normalized spacial score (nSPS) is 10.8. The molecule has 5 nitrogen and oxygen atoms in total. The third-order valence-electron chi connectivity index (χ3n) is 3.56. The number of carbonyl (C=O) groups excluding carboxylic acids is 1. The van der Waals surface area contributed by atoms with Crippen LogP contribution >= 0.6 is 0 Å². The van der Waals surface area contributed by atoms with Crippen molar-refractivity contribution in [3.8, 4) is 0 Å². The Labute approximate surface area is 129 Å². The second-order valence-corrected chi connectivity index (χ2v) is 5.40. The van der Waals surface area contributed by atoms with Gasteiger partial charge in [0.15, 0.2) is 5.65 Å². The molecule has 0 spiro atoms. The Morgan fingerprint density at radius 1 is 1.18 bits per heavy atom. The molecule has 3 aromatic rings. The smallest absolute Gasteiger partial charge is 0.224 e. The van der Waals surface area contributed by atoms with Gasteiger partial charge in [0.05, 0.1) is 5.69 Å². The van der Waals surface area contributed by atoms with Crippen molar-refractivity contribution in [1.82, 2.24) is 14.6 Å². The van der Waals surface area contributed by atoms with Gasteiger partial charge in [-0.3, -0.25) is 9.20 Å². The van der Waals surface area contributed by atoms with Crippen molar-refractivity contribution in [3.05, 3.63) is 60.0 Å². The van der Waals surface area contributed by atoms with Crippen LogP contribution in [0.4, 0.5) is 5.69 Å². The molecule has 0 fully saturated rings. The number of aryl methyl sites for hydroxylation is 2. The first-order valence-electron chi connectivity index (χ1n) is 7.35. The van der Waals surface area contributed by atoms with Crippen LogP contribution in [0.15, 0.2) is 48.9 Å². The van der Waals surface area contributed by atoms with E-state index in [9.17, 15) is 4.79 Å². The predicted molar refractivity (Wildman–Crippen MR) is 85.7 cm³/mol. The van der Waals surface area contributed by atoms with Crippen molar-refractivity contribution in [2.45, 2.75) is 26.2 Å². The summed E-state index contributed by atoms with van der Waals surface area (Å²) in [5, 5.41) is 10.6. The second kappa shape index (κ2) is 6.39. The monoisotopic (exact) mass is 294 g/mol. The molecule has 0 atom stereocenters. The topological polar surface area (TPSA) is 59.3 Å². The number of hydrogen-bond donors (Lipinski definition) is 1. The third kappa shape index (κ3) is 3.49. The second-order valence-electron chi connectivity index (χ2n) is 5.40. The van der Waals surface area contributed by atoms with Crippen LogP contribution in [0.3, 0.4) is 0 Å². The molecule has 0 saturated heterocycles. The van der Waals surface area contributed by atoms with Gasteiger partial charge in [-0.1, -0.05) is 29.8 Å². The number of benzene rings is 1. The summed E-state index contributed by atoms with van der Waals surface area (Å²) >= 11 is 0. The molecule has 5 heteroatoms. The molecule has 22 heavy (non-hydrogen) atoms. The Bertz CT molecular complexity index is 777. The minimum atomic E-state index is 0.0273. The Balaban J connectivity index is 1.50. The van der Waals surface area contributed by atoms with Crippen molar-refractivity contribution < 1.29 is 4.79 Å². The van der Waals surface area contributed by atoms with Crippen LogP contribution in [0, 0.1) is 6.92 Å². The average Bonchev–Trinajstić information content (AvgIpc) is 2.97. The highest BCUT2D eigenvalue weighted by molar-refractivity contribution is 5.90. The zero-order valence-electron chi connectivity index (χ0n) is 12.5. The summed E-state index contributed by atoms with van der Waals surface area (Å²) < 4.78 is 1.78. The molecule has 1 N–H and O–H groups in total. The van der Waals surface area contributed by atoms with Crippen LogP contribution in [0.5, 0.6) is 0 Å². The van der Waals surface area contributed by atoms with Crippen molar-refractivity contribution in [2.24, 2.45) is 0 Å². The zero-order valence-corrected chi connectivity index (χ0v) is 12.5. The molecule has 3 rings (SSSR count). The van der Waals surface area contributed by atoms with Gasteiger partial charge < -0.3 is 5.32 Å². The molecule has 2 aromatic heterocycles. The van der Waals surface area contributed by atoms with Crippen molar-refractivity contribution in [2.75, 3.05) is 5.32 Å². The minimum absolute atomic E-state index is 0.0273. The fourth-order valence-corrected chi connectivity index (χ4v) is 2.33. The Morgan fingerprint density at radius 2 is 2.00 bits per heavy atom. The Hall–Kier alpha value is -2.69. The summed E-state index contributed by atoms with van der Waals surface area (Å²) in [7, 11) is 0. The lowest BCUT2D eigenvalue weighted by Gasteiger charge is -2.06. The number of pyridine rings is 1. The van der Waals surface area contributed by atoms with E-state index in [1.54, 1.807) is 10.7 Å².